The molecule has 0 radical (unpaired) electrons. The second-order valence-electron chi connectivity index (χ2n) is 7.01. The Balaban J connectivity index is 2.97. The summed E-state index contributed by atoms with van der Waals surface area (Å²) in [6.45, 7) is 3.66. The lowest BCUT2D eigenvalue weighted by Gasteiger charge is -2.05. The van der Waals surface area contributed by atoms with Gasteiger partial charge in [0, 0.05) is 6.61 Å². The van der Waals surface area contributed by atoms with Crippen molar-refractivity contribution in [3.63, 3.8) is 0 Å². The number of hydrogen-bond donors (Lipinski definition) is 1. The molecule has 0 saturated heterocycles. The Kier molecular flexibility index (Phi) is 20.9. The molecule has 0 aromatic carbocycles. The molecule has 0 fully saturated rings. The molecule has 25 heavy (non-hydrogen) atoms. The maximum absolute atomic E-state index is 10.2. The highest BCUT2D eigenvalue weighted by molar-refractivity contribution is 5.67. The van der Waals surface area contributed by atoms with E-state index >= 15 is 0 Å². The molecule has 150 valence electrons. The van der Waals surface area contributed by atoms with Gasteiger partial charge in [0.05, 0.1) is 13.2 Å². The fourth-order valence-corrected chi connectivity index (χ4v) is 2.95. The molecule has 0 aliphatic carbocycles. The molecule has 1 N–H and O–H groups in total. The van der Waals surface area contributed by atoms with Gasteiger partial charge in [-0.15, -0.1) is 0 Å². The Bertz CT molecular complexity index is 269. The van der Waals surface area contributed by atoms with Gasteiger partial charge in [0.25, 0.3) is 0 Å². The van der Waals surface area contributed by atoms with E-state index in [2.05, 4.69) is 6.92 Å². The standard InChI is InChI=1S/C21H42O4/c1-2-3-4-5-6-7-8-9-10-11-12-13-14-15-16-17-24-18-19-25-20-21(22)23/h2-20H2,1H3,(H,22,23). The lowest BCUT2D eigenvalue weighted by Crippen LogP contribution is -2.11. The monoisotopic (exact) mass is 358 g/mol. The van der Waals surface area contributed by atoms with E-state index in [1.165, 1.54) is 89.9 Å². The Hall–Kier alpha value is -0.610. The van der Waals surface area contributed by atoms with Gasteiger partial charge in [0.1, 0.15) is 6.61 Å². The Labute approximate surface area is 155 Å². The molecular formula is C21H42O4. The molecule has 4 nitrogen and oxygen atoms in total. The van der Waals surface area contributed by atoms with Gasteiger partial charge in [0.2, 0.25) is 0 Å². The summed E-state index contributed by atoms with van der Waals surface area (Å²) in [5, 5.41) is 8.40. The van der Waals surface area contributed by atoms with E-state index in [4.69, 9.17) is 14.6 Å². The van der Waals surface area contributed by atoms with Crippen molar-refractivity contribution >= 4 is 5.97 Å². The molecule has 0 aromatic rings. The molecule has 0 aromatic heterocycles. The van der Waals surface area contributed by atoms with Crippen LogP contribution in [0.2, 0.25) is 0 Å². The lowest BCUT2D eigenvalue weighted by molar-refractivity contribution is -0.142. The van der Waals surface area contributed by atoms with Crippen LogP contribution in [0.5, 0.6) is 0 Å². The first-order valence-corrected chi connectivity index (χ1v) is 10.6. The maximum atomic E-state index is 10.2. The minimum Gasteiger partial charge on any atom is -0.480 e. The van der Waals surface area contributed by atoms with Gasteiger partial charge in [-0.2, -0.15) is 0 Å². The zero-order valence-corrected chi connectivity index (χ0v) is 16.6. The van der Waals surface area contributed by atoms with Crippen molar-refractivity contribution in [3.8, 4) is 0 Å². The minimum atomic E-state index is -0.928. The first-order chi connectivity index (χ1) is 12.3. The average Bonchev–Trinajstić information content (AvgIpc) is 2.60. The highest BCUT2D eigenvalue weighted by atomic mass is 16.5. The fraction of sp³-hybridized carbons (Fsp3) is 0.952. The summed E-state index contributed by atoms with van der Waals surface area (Å²) in [4.78, 5) is 10.2. The summed E-state index contributed by atoms with van der Waals surface area (Å²) in [6.07, 6.45) is 20.5. The van der Waals surface area contributed by atoms with E-state index < -0.39 is 5.97 Å². The topological polar surface area (TPSA) is 55.8 Å². The Morgan fingerprint density at radius 2 is 1.00 bits per heavy atom. The van der Waals surface area contributed by atoms with Crippen molar-refractivity contribution in [1.82, 2.24) is 0 Å². The van der Waals surface area contributed by atoms with Gasteiger partial charge >= 0.3 is 5.97 Å². The average molecular weight is 359 g/mol. The van der Waals surface area contributed by atoms with Gasteiger partial charge in [-0.3, -0.25) is 0 Å². The van der Waals surface area contributed by atoms with E-state index in [0.29, 0.717) is 13.2 Å². The van der Waals surface area contributed by atoms with Gasteiger partial charge in [0.15, 0.2) is 0 Å². The molecule has 0 unspecified atom stereocenters. The molecule has 0 spiro atoms. The summed E-state index contributed by atoms with van der Waals surface area (Å²) in [7, 11) is 0. The van der Waals surface area contributed by atoms with Gasteiger partial charge in [-0.25, -0.2) is 4.79 Å². The number of rotatable bonds is 21. The maximum Gasteiger partial charge on any atom is 0.329 e. The molecule has 0 atom stereocenters. The quantitative estimate of drug-likeness (QED) is 0.257. The van der Waals surface area contributed by atoms with Crippen LogP contribution in [-0.2, 0) is 14.3 Å². The molecule has 0 bridgehead atoms. The molecule has 0 saturated carbocycles. The number of carboxylic acids is 1. The van der Waals surface area contributed by atoms with Crippen LogP contribution in [-0.4, -0.2) is 37.5 Å². The van der Waals surface area contributed by atoms with Gasteiger partial charge < -0.3 is 14.6 Å². The first kappa shape index (κ1) is 24.4. The highest BCUT2D eigenvalue weighted by Gasteiger charge is 1.97. The van der Waals surface area contributed by atoms with E-state index in [1.54, 1.807) is 0 Å². The molecule has 0 amide bonds. The smallest absolute Gasteiger partial charge is 0.329 e. The van der Waals surface area contributed by atoms with Crippen molar-refractivity contribution < 1.29 is 19.4 Å². The fourth-order valence-electron chi connectivity index (χ4n) is 2.95. The largest absolute Gasteiger partial charge is 0.480 e. The van der Waals surface area contributed by atoms with Crippen LogP contribution in [0.1, 0.15) is 103 Å². The third-order valence-electron chi connectivity index (χ3n) is 4.49. The summed E-state index contributed by atoms with van der Waals surface area (Å²) in [6, 6.07) is 0. The van der Waals surface area contributed by atoms with Gasteiger partial charge in [-0.1, -0.05) is 96.8 Å². The summed E-state index contributed by atoms with van der Waals surface area (Å²) in [5.74, 6) is -0.928. The van der Waals surface area contributed by atoms with Crippen LogP contribution in [0.3, 0.4) is 0 Å². The van der Waals surface area contributed by atoms with Crippen molar-refractivity contribution in [1.29, 1.82) is 0 Å². The number of carboxylic acid groups (broad SMARTS) is 1. The van der Waals surface area contributed by atoms with Crippen LogP contribution in [0.15, 0.2) is 0 Å². The molecule has 0 aliphatic heterocycles. The van der Waals surface area contributed by atoms with Crippen molar-refractivity contribution in [3.05, 3.63) is 0 Å². The second-order valence-corrected chi connectivity index (χ2v) is 7.01. The molecular weight excluding hydrogens is 316 g/mol. The predicted molar refractivity (Wildman–Crippen MR) is 104 cm³/mol. The third-order valence-corrected chi connectivity index (χ3v) is 4.49. The molecule has 0 rings (SSSR count). The predicted octanol–water partition coefficient (Wildman–Crippen LogP) is 5.98. The van der Waals surface area contributed by atoms with E-state index in [0.717, 1.165) is 13.0 Å². The SMILES string of the molecule is CCCCCCCCCCCCCCCCCOCCOCC(=O)O. The minimum absolute atomic E-state index is 0.234. The highest BCUT2D eigenvalue weighted by Crippen LogP contribution is 2.13. The normalized spacial score (nSPS) is 11.1. The zero-order chi connectivity index (χ0) is 18.4. The Morgan fingerprint density at radius 3 is 1.44 bits per heavy atom. The number of hydrogen-bond acceptors (Lipinski definition) is 3. The van der Waals surface area contributed by atoms with Crippen LogP contribution < -0.4 is 0 Å². The van der Waals surface area contributed by atoms with Crippen LogP contribution in [0.25, 0.3) is 0 Å². The third kappa shape index (κ3) is 23.4. The molecule has 0 aliphatic rings. The first-order valence-electron chi connectivity index (χ1n) is 10.6. The number of ether oxygens (including phenoxy) is 2. The Morgan fingerprint density at radius 1 is 0.600 bits per heavy atom. The van der Waals surface area contributed by atoms with E-state index in [9.17, 15) is 4.79 Å². The second kappa shape index (κ2) is 21.4. The molecule has 4 heteroatoms. The zero-order valence-electron chi connectivity index (χ0n) is 16.6. The summed E-state index contributed by atoms with van der Waals surface area (Å²) < 4.78 is 10.3. The molecule has 0 heterocycles. The van der Waals surface area contributed by atoms with Crippen LogP contribution in [0, 0.1) is 0 Å². The van der Waals surface area contributed by atoms with Crippen LogP contribution >= 0.6 is 0 Å². The van der Waals surface area contributed by atoms with Crippen molar-refractivity contribution in [2.45, 2.75) is 103 Å². The van der Waals surface area contributed by atoms with Crippen LogP contribution in [0.4, 0.5) is 0 Å². The van der Waals surface area contributed by atoms with E-state index in [-0.39, 0.29) is 6.61 Å². The van der Waals surface area contributed by atoms with Crippen molar-refractivity contribution in [2.24, 2.45) is 0 Å². The number of aliphatic carboxylic acids is 1. The van der Waals surface area contributed by atoms with Crippen molar-refractivity contribution in [2.75, 3.05) is 26.4 Å². The number of carbonyl (C=O) groups is 1. The summed E-state index contributed by atoms with van der Waals surface area (Å²) in [5.41, 5.74) is 0. The summed E-state index contributed by atoms with van der Waals surface area (Å²) >= 11 is 0. The number of unbranched alkanes of at least 4 members (excludes halogenated alkanes) is 14. The van der Waals surface area contributed by atoms with Gasteiger partial charge in [-0.05, 0) is 6.42 Å². The lowest BCUT2D eigenvalue weighted by atomic mass is 10.0. The van der Waals surface area contributed by atoms with E-state index in [1.807, 2.05) is 0 Å².